The molecule has 0 saturated heterocycles. The van der Waals surface area contributed by atoms with Gasteiger partial charge in [0.25, 0.3) is 5.91 Å². The molecule has 6 nitrogen and oxygen atoms in total. The van der Waals surface area contributed by atoms with Gasteiger partial charge in [-0.25, -0.2) is 0 Å². The summed E-state index contributed by atoms with van der Waals surface area (Å²) >= 11 is 0. The summed E-state index contributed by atoms with van der Waals surface area (Å²) in [6, 6.07) is 12.9. The number of anilines is 1. The number of methoxy groups -OCH3 is 1. The van der Waals surface area contributed by atoms with E-state index >= 15 is 0 Å². The van der Waals surface area contributed by atoms with Crippen molar-refractivity contribution in [1.82, 2.24) is 4.90 Å². The summed E-state index contributed by atoms with van der Waals surface area (Å²) in [5.74, 6) is 0.441. The van der Waals surface area contributed by atoms with Crippen molar-refractivity contribution in [3.63, 3.8) is 0 Å². The van der Waals surface area contributed by atoms with Gasteiger partial charge in [-0.2, -0.15) is 0 Å². The van der Waals surface area contributed by atoms with E-state index in [9.17, 15) is 9.59 Å². The average Bonchev–Trinajstić information content (AvgIpc) is 2.68. The lowest BCUT2D eigenvalue weighted by Crippen LogP contribution is -2.37. The van der Waals surface area contributed by atoms with Gasteiger partial charge in [-0.3, -0.25) is 9.59 Å². The molecule has 2 amide bonds. The quantitative estimate of drug-likeness (QED) is 0.759. The first-order valence-electron chi connectivity index (χ1n) is 8.97. The van der Waals surface area contributed by atoms with Gasteiger partial charge in [0.05, 0.1) is 13.7 Å². The van der Waals surface area contributed by atoms with Crippen LogP contribution in [-0.4, -0.2) is 44.0 Å². The molecule has 0 spiro atoms. The van der Waals surface area contributed by atoms with E-state index in [0.717, 1.165) is 11.1 Å². The number of nitrogens with zero attached hydrogens (tertiary/aromatic N) is 1. The van der Waals surface area contributed by atoms with E-state index in [1.54, 1.807) is 20.2 Å². The molecule has 28 heavy (non-hydrogen) atoms. The summed E-state index contributed by atoms with van der Waals surface area (Å²) in [5.41, 5.74) is 2.78. The third-order valence-electron chi connectivity index (χ3n) is 4.04. The van der Waals surface area contributed by atoms with E-state index in [1.807, 2.05) is 62.4 Å². The van der Waals surface area contributed by atoms with Crippen LogP contribution >= 0.6 is 0 Å². The first-order valence-corrected chi connectivity index (χ1v) is 8.97. The molecule has 0 radical (unpaired) electrons. The van der Waals surface area contributed by atoms with Gasteiger partial charge in [-0.15, -0.1) is 0 Å². The van der Waals surface area contributed by atoms with E-state index in [2.05, 4.69) is 5.32 Å². The Morgan fingerprint density at radius 2 is 1.82 bits per heavy atom. The topological polar surface area (TPSA) is 67.9 Å². The highest BCUT2D eigenvalue weighted by molar-refractivity contribution is 5.94. The van der Waals surface area contributed by atoms with Crippen molar-refractivity contribution in [2.45, 2.75) is 13.8 Å². The molecule has 1 N–H and O–H groups in total. The number of hydrogen-bond acceptors (Lipinski definition) is 4. The maximum absolute atomic E-state index is 12.3. The molecule has 0 aromatic heterocycles. The number of allylic oxidation sites excluding steroid dienone is 1. The molecule has 0 unspecified atom stereocenters. The second-order valence-corrected chi connectivity index (χ2v) is 6.36. The fourth-order valence-corrected chi connectivity index (χ4v) is 2.49. The highest BCUT2D eigenvalue weighted by atomic mass is 16.5. The van der Waals surface area contributed by atoms with Crippen LogP contribution in [0.1, 0.15) is 18.1 Å². The van der Waals surface area contributed by atoms with E-state index in [0.29, 0.717) is 17.2 Å². The number of likely N-dealkylation sites (N-methyl/N-ethyl adjacent to an activating group) is 1. The minimum atomic E-state index is -0.307. The summed E-state index contributed by atoms with van der Waals surface area (Å²) in [7, 11) is 3.11. The van der Waals surface area contributed by atoms with Crippen molar-refractivity contribution >= 4 is 23.6 Å². The summed E-state index contributed by atoms with van der Waals surface area (Å²) in [6.07, 6.45) is 3.87. The molecule has 6 heteroatoms. The Morgan fingerprint density at radius 1 is 1.11 bits per heavy atom. The summed E-state index contributed by atoms with van der Waals surface area (Å²) in [5, 5.41) is 2.77. The molecule has 2 aromatic rings. The molecule has 0 aliphatic heterocycles. The number of carbonyl (C=O) groups excluding carboxylic acids is 2. The van der Waals surface area contributed by atoms with Crippen LogP contribution in [0.5, 0.6) is 11.5 Å². The van der Waals surface area contributed by atoms with Crippen LogP contribution in [0.4, 0.5) is 5.69 Å². The lowest BCUT2D eigenvalue weighted by Gasteiger charge is -2.18. The van der Waals surface area contributed by atoms with Crippen LogP contribution in [0.15, 0.2) is 48.5 Å². The zero-order valence-electron chi connectivity index (χ0n) is 16.7. The Morgan fingerprint density at radius 3 is 2.46 bits per heavy atom. The van der Waals surface area contributed by atoms with Gasteiger partial charge >= 0.3 is 0 Å². The van der Waals surface area contributed by atoms with Crippen LogP contribution in [-0.2, 0) is 9.59 Å². The fraction of sp³-hybridized carbons (Fsp3) is 0.273. The molecule has 0 aliphatic rings. The lowest BCUT2D eigenvalue weighted by atomic mass is 10.2. The first-order chi connectivity index (χ1) is 13.4. The van der Waals surface area contributed by atoms with Gasteiger partial charge in [0.2, 0.25) is 5.91 Å². The van der Waals surface area contributed by atoms with Crippen LogP contribution in [0, 0.1) is 6.92 Å². The molecule has 0 aliphatic carbocycles. The van der Waals surface area contributed by atoms with Gasteiger partial charge < -0.3 is 19.7 Å². The van der Waals surface area contributed by atoms with Crippen molar-refractivity contribution < 1.29 is 19.1 Å². The van der Waals surface area contributed by atoms with E-state index in [1.165, 1.54) is 4.90 Å². The number of hydrogen-bond donors (Lipinski definition) is 1. The summed E-state index contributed by atoms with van der Waals surface area (Å²) < 4.78 is 10.9. The third-order valence-corrected chi connectivity index (χ3v) is 4.04. The predicted octanol–water partition coefficient (Wildman–Crippen LogP) is 3.51. The molecule has 2 rings (SSSR count). The Hall–Kier alpha value is -3.28. The summed E-state index contributed by atoms with van der Waals surface area (Å²) in [6.45, 7) is 3.66. The minimum Gasteiger partial charge on any atom is -0.493 e. The highest BCUT2D eigenvalue weighted by Crippen LogP contribution is 2.28. The number of aryl methyl sites for hydroxylation is 1. The van der Waals surface area contributed by atoms with Crippen molar-refractivity contribution in [2.24, 2.45) is 0 Å². The molecule has 0 heterocycles. The van der Waals surface area contributed by atoms with Gasteiger partial charge in [0.1, 0.15) is 0 Å². The van der Waals surface area contributed by atoms with Gasteiger partial charge in [-0.1, -0.05) is 35.9 Å². The molecule has 2 aromatic carbocycles. The molecule has 0 saturated carbocycles. The second-order valence-electron chi connectivity index (χ2n) is 6.36. The van der Waals surface area contributed by atoms with Gasteiger partial charge in [0, 0.05) is 12.7 Å². The van der Waals surface area contributed by atoms with E-state index < -0.39 is 0 Å². The normalized spacial score (nSPS) is 10.6. The van der Waals surface area contributed by atoms with Crippen molar-refractivity contribution in [3.8, 4) is 11.5 Å². The maximum Gasteiger partial charge on any atom is 0.260 e. The van der Waals surface area contributed by atoms with Crippen molar-refractivity contribution in [3.05, 3.63) is 59.7 Å². The molecular formula is C22H26N2O4. The average molecular weight is 382 g/mol. The SMILES string of the molecule is CC=Cc1ccc(OCC(=O)N(C)CC(=O)Nc2ccc(C)cc2)c(OC)c1. The minimum absolute atomic E-state index is 0.0621. The molecule has 0 fully saturated rings. The smallest absolute Gasteiger partial charge is 0.260 e. The molecule has 148 valence electrons. The number of amides is 2. The largest absolute Gasteiger partial charge is 0.493 e. The van der Waals surface area contributed by atoms with Gasteiger partial charge in [-0.05, 0) is 43.7 Å². The second kappa shape index (κ2) is 10.2. The predicted molar refractivity (Wildman–Crippen MR) is 111 cm³/mol. The standard InChI is InChI=1S/C22H26N2O4/c1-5-6-17-9-12-19(20(13-17)27-4)28-15-22(26)24(3)14-21(25)23-18-10-7-16(2)8-11-18/h5-13H,14-15H2,1-4H3,(H,23,25). The Balaban J connectivity index is 1.88. The third kappa shape index (κ3) is 6.16. The van der Waals surface area contributed by atoms with Crippen molar-refractivity contribution in [1.29, 1.82) is 0 Å². The van der Waals surface area contributed by atoms with E-state index in [4.69, 9.17) is 9.47 Å². The van der Waals surface area contributed by atoms with Gasteiger partial charge in [0.15, 0.2) is 18.1 Å². The Bertz CT molecular complexity index is 844. The summed E-state index contributed by atoms with van der Waals surface area (Å²) in [4.78, 5) is 25.7. The number of rotatable bonds is 8. The van der Waals surface area contributed by atoms with Crippen LogP contribution in [0.25, 0.3) is 6.08 Å². The lowest BCUT2D eigenvalue weighted by molar-refractivity contribution is -0.135. The Kier molecular flexibility index (Phi) is 7.63. The molecule has 0 bridgehead atoms. The van der Waals surface area contributed by atoms with Crippen LogP contribution in [0.3, 0.4) is 0 Å². The van der Waals surface area contributed by atoms with Crippen LogP contribution in [0.2, 0.25) is 0 Å². The number of benzene rings is 2. The molecule has 0 atom stereocenters. The zero-order valence-corrected chi connectivity index (χ0v) is 16.7. The number of carbonyl (C=O) groups is 2. The number of ether oxygens (including phenoxy) is 2. The Labute approximate surface area is 165 Å². The van der Waals surface area contributed by atoms with Crippen molar-refractivity contribution in [2.75, 3.05) is 32.6 Å². The highest BCUT2D eigenvalue weighted by Gasteiger charge is 2.15. The fourth-order valence-electron chi connectivity index (χ4n) is 2.49. The maximum atomic E-state index is 12.3. The zero-order chi connectivity index (χ0) is 20.5. The monoisotopic (exact) mass is 382 g/mol. The first kappa shape index (κ1) is 21.0. The van der Waals surface area contributed by atoms with Crippen LogP contribution < -0.4 is 14.8 Å². The molecular weight excluding hydrogens is 356 g/mol. The number of nitrogens with one attached hydrogen (secondary N) is 1. The van der Waals surface area contributed by atoms with E-state index in [-0.39, 0.29) is 25.0 Å².